The van der Waals surface area contributed by atoms with Crippen molar-refractivity contribution in [2.24, 2.45) is 0 Å². The molecule has 0 unspecified atom stereocenters. The molecule has 80 valence electrons. The van der Waals surface area contributed by atoms with E-state index in [4.69, 9.17) is 15.1 Å². The molecule has 0 saturated carbocycles. The van der Waals surface area contributed by atoms with Crippen molar-refractivity contribution in [3.63, 3.8) is 0 Å². The summed E-state index contributed by atoms with van der Waals surface area (Å²) in [6.07, 6.45) is -0.102. The third kappa shape index (κ3) is 3.04. The summed E-state index contributed by atoms with van der Waals surface area (Å²) in [7, 11) is 1.46. The Balaban J connectivity index is 3.07. The van der Waals surface area contributed by atoms with Crippen LogP contribution in [0.5, 0.6) is 5.75 Å². The van der Waals surface area contributed by atoms with Gasteiger partial charge in [-0.1, -0.05) is 12.0 Å². The maximum absolute atomic E-state index is 10.6. The van der Waals surface area contributed by atoms with Crippen molar-refractivity contribution in [2.75, 3.05) is 7.11 Å². The Morgan fingerprint density at radius 3 is 2.88 bits per heavy atom. The van der Waals surface area contributed by atoms with Gasteiger partial charge >= 0.3 is 5.97 Å². The first kappa shape index (κ1) is 11.6. The van der Waals surface area contributed by atoms with Crippen LogP contribution in [0.4, 0.5) is 0 Å². The molecule has 0 aliphatic carbocycles. The van der Waals surface area contributed by atoms with Gasteiger partial charge in [0.2, 0.25) is 0 Å². The van der Waals surface area contributed by atoms with Gasteiger partial charge in [-0.25, -0.2) is 0 Å². The first-order chi connectivity index (χ1) is 7.67. The minimum Gasteiger partial charge on any atom is -0.496 e. The monoisotopic (exact) mass is 215 g/mol. The summed E-state index contributed by atoms with van der Waals surface area (Å²) in [5.41, 5.74) is 1.20. The lowest BCUT2D eigenvalue weighted by Gasteiger charge is -2.06. The topological polar surface area (TPSA) is 70.3 Å². The third-order valence-corrected chi connectivity index (χ3v) is 1.89. The molecule has 4 heteroatoms. The van der Waals surface area contributed by atoms with Gasteiger partial charge in [0.25, 0.3) is 0 Å². The third-order valence-electron chi connectivity index (χ3n) is 1.89. The highest BCUT2D eigenvalue weighted by molar-refractivity contribution is 5.71. The number of ether oxygens (including phenoxy) is 1. The Kier molecular flexibility index (Phi) is 3.94. The van der Waals surface area contributed by atoms with E-state index < -0.39 is 5.97 Å². The Labute approximate surface area is 93.1 Å². The number of rotatable bonds is 3. The van der Waals surface area contributed by atoms with Gasteiger partial charge in [0.1, 0.15) is 5.75 Å². The second kappa shape index (κ2) is 5.43. The SMILES string of the molecule is COc1cc(C#CC#N)ccc1CC(=O)O. The summed E-state index contributed by atoms with van der Waals surface area (Å²) in [5.74, 6) is 4.41. The molecule has 16 heavy (non-hydrogen) atoms. The molecule has 0 fully saturated rings. The van der Waals surface area contributed by atoms with Crippen molar-refractivity contribution in [3.8, 4) is 23.7 Å². The molecule has 1 rings (SSSR count). The van der Waals surface area contributed by atoms with E-state index in [1.807, 2.05) is 0 Å². The average molecular weight is 215 g/mol. The molecule has 0 heterocycles. The lowest BCUT2D eigenvalue weighted by Crippen LogP contribution is -2.02. The number of nitriles is 1. The molecule has 0 amide bonds. The van der Waals surface area contributed by atoms with Crippen LogP contribution < -0.4 is 4.74 Å². The van der Waals surface area contributed by atoms with Crippen LogP contribution in [-0.4, -0.2) is 18.2 Å². The highest BCUT2D eigenvalue weighted by Gasteiger charge is 2.07. The van der Waals surface area contributed by atoms with Gasteiger partial charge in [0.05, 0.1) is 13.5 Å². The number of carboxylic acid groups (broad SMARTS) is 1. The molecule has 1 N–H and O–H groups in total. The fourth-order valence-electron chi connectivity index (χ4n) is 1.23. The normalized spacial score (nSPS) is 8.50. The summed E-state index contributed by atoms with van der Waals surface area (Å²) < 4.78 is 5.05. The van der Waals surface area contributed by atoms with Crippen molar-refractivity contribution >= 4 is 5.97 Å². The molecular weight excluding hydrogens is 206 g/mol. The number of carbonyl (C=O) groups is 1. The predicted octanol–water partition coefficient (Wildman–Crippen LogP) is 1.20. The van der Waals surface area contributed by atoms with Gasteiger partial charge < -0.3 is 9.84 Å². The molecule has 0 saturated heterocycles. The van der Waals surface area contributed by atoms with Crippen LogP contribution in [0.2, 0.25) is 0 Å². The number of hydrogen-bond acceptors (Lipinski definition) is 3. The predicted molar refractivity (Wildman–Crippen MR) is 56.8 cm³/mol. The van der Waals surface area contributed by atoms with E-state index in [9.17, 15) is 4.79 Å². The van der Waals surface area contributed by atoms with E-state index in [0.29, 0.717) is 16.9 Å². The zero-order chi connectivity index (χ0) is 12.0. The summed E-state index contributed by atoms with van der Waals surface area (Å²) in [6, 6.07) is 6.61. The number of benzene rings is 1. The maximum atomic E-state index is 10.6. The Morgan fingerprint density at radius 2 is 2.31 bits per heavy atom. The van der Waals surface area contributed by atoms with Gasteiger partial charge in [-0.15, -0.1) is 0 Å². The lowest BCUT2D eigenvalue weighted by molar-refractivity contribution is -0.136. The minimum absolute atomic E-state index is 0.102. The van der Waals surface area contributed by atoms with E-state index >= 15 is 0 Å². The van der Waals surface area contributed by atoms with Crippen LogP contribution in [0.15, 0.2) is 18.2 Å². The summed E-state index contributed by atoms with van der Waals surface area (Å²) in [6.45, 7) is 0. The summed E-state index contributed by atoms with van der Waals surface area (Å²) in [5, 5.41) is 17.0. The minimum atomic E-state index is -0.922. The van der Waals surface area contributed by atoms with Crippen molar-refractivity contribution < 1.29 is 14.6 Å². The Hall–Kier alpha value is -2.46. The van der Waals surface area contributed by atoms with Gasteiger partial charge in [-0.05, 0) is 12.1 Å². The Morgan fingerprint density at radius 1 is 1.56 bits per heavy atom. The molecule has 0 radical (unpaired) electrons. The van der Waals surface area contributed by atoms with Crippen LogP contribution in [0.3, 0.4) is 0 Å². The quantitative estimate of drug-likeness (QED) is 0.769. The summed E-state index contributed by atoms with van der Waals surface area (Å²) in [4.78, 5) is 10.6. The van der Waals surface area contributed by atoms with E-state index in [2.05, 4.69) is 11.8 Å². The standard InChI is InChI=1S/C12H9NO3/c1-16-11-7-9(3-2-6-13)4-5-10(11)8-12(14)15/h4-5,7H,8H2,1H3,(H,14,15). The molecule has 1 aromatic rings. The van der Waals surface area contributed by atoms with Gasteiger partial charge in [-0.2, -0.15) is 5.26 Å². The van der Waals surface area contributed by atoms with Gasteiger partial charge in [-0.3, -0.25) is 4.79 Å². The van der Waals surface area contributed by atoms with Crippen LogP contribution >= 0.6 is 0 Å². The van der Waals surface area contributed by atoms with E-state index in [0.717, 1.165) is 0 Å². The number of hydrogen-bond donors (Lipinski definition) is 1. The molecule has 0 spiro atoms. The molecule has 0 atom stereocenters. The first-order valence-corrected chi connectivity index (χ1v) is 4.46. The molecule has 0 aliphatic rings. The van der Waals surface area contributed by atoms with Crippen LogP contribution in [-0.2, 0) is 11.2 Å². The Bertz CT molecular complexity index is 503. The lowest BCUT2D eigenvalue weighted by atomic mass is 10.1. The number of carboxylic acids is 1. The molecule has 1 aromatic carbocycles. The van der Waals surface area contributed by atoms with Gasteiger partial charge in [0, 0.05) is 17.0 Å². The smallest absolute Gasteiger partial charge is 0.307 e. The summed E-state index contributed by atoms with van der Waals surface area (Å²) >= 11 is 0. The van der Waals surface area contributed by atoms with E-state index in [1.165, 1.54) is 7.11 Å². The van der Waals surface area contributed by atoms with Crippen LogP contribution in [0, 0.1) is 23.2 Å². The largest absolute Gasteiger partial charge is 0.496 e. The molecule has 0 bridgehead atoms. The number of methoxy groups -OCH3 is 1. The maximum Gasteiger partial charge on any atom is 0.307 e. The van der Waals surface area contributed by atoms with E-state index in [-0.39, 0.29) is 6.42 Å². The number of aliphatic carboxylic acids is 1. The van der Waals surface area contributed by atoms with Crippen molar-refractivity contribution in [2.45, 2.75) is 6.42 Å². The molecule has 0 aliphatic heterocycles. The van der Waals surface area contributed by atoms with Crippen molar-refractivity contribution in [1.82, 2.24) is 0 Å². The average Bonchev–Trinajstić information content (AvgIpc) is 2.27. The molecular formula is C12H9NO3. The van der Waals surface area contributed by atoms with Crippen LogP contribution in [0.1, 0.15) is 11.1 Å². The van der Waals surface area contributed by atoms with E-state index in [1.54, 1.807) is 24.3 Å². The molecule has 0 aromatic heterocycles. The number of nitrogens with zero attached hydrogens (tertiary/aromatic N) is 1. The van der Waals surface area contributed by atoms with Crippen LogP contribution in [0.25, 0.3) is 0 Å². The highest BCUT2D eigenvalue weighted by atomic mass is 16.5. The second-order valence-corrected chi connectivity index (χ2v) is 2.96. The van der Waals surface area contributed by atoms with Crippen molar-refractivity contribution in [3.05, 3.63) is 29.3 Å². The van der Waals surface area contributed by atoms with Gasteiger partial charge in [0.15, 0.2) is 6.07 Å². The fourth-order valence-corrected chi connectivity index (χ4v) is 1.23. The first-order valence-electron chi connectivity index (χ1n) is 4.46. The second-order valence-electron chi connectivity index (χ2n) is 2.96. The van der Waals surface area contributed by atoms with Crippen molar-refractivity contribution in [1.29, 1.82) is 5.26 Å². The fraction of sp³-hybridized carbons (Fsp3) is 0.167. The molecule has 4 nitrogen and oxygen atoms in total. The zero-order valence-corrected chi connectivity index (χ0v) is 8.65. The highest BCUT2D eigenvalue weighted by Crippen LogP contribution is 2.20. The zero-order valence-electron chi connectivity index (χ0n) is 8.65.